The molecule has 0 amide bonds. The third-order valence-electron chi connectivity index (χ3n) is 10.6. The van der Waals surface area contributed by atoms with Crippen LogP contribution in [0.25, 0.3) is 0 Å². The van der Waals surface area contributed by atoms with Crippen LogP contribution in [-0.2, 0) is 38.9 Å². The summed E-state index contributed by atoms with van der Waals surface area (Å²) in [6.07, 6.45) is 3.41. The van der Waals surface area contributed by atoms with Gasteiger partial charge in [0.1, 0.15) is 24.7 Å². The van der Waals surface area contributed by atoms with E-state index in [2.05, 4.69) is 72.4 Å². The van der Waals surface area contributed by atoms with E-state index in [1.165, 1.54) is 33.4 Å². The molecule has 236 valence electrons. The summed E-state index contributed by atoms with van der Waals surface area (Å²) in [5, 5.41) is 0. The van der Waals surface area contributed by atoms with E-state index in [4.69, 9.17) is 28.4 Å². The first-order chi connectivity index (χ1) is 22.5. The van der Waals surface area contributed by atoms with E-state index in [-0.39, 0.29) is 12.1 Å². The highest BCUT2D eigenvalue weighted by Crippen LogP contribution is 2.54. The fourth-order valence-electron chi connectivity index (χ4n) is 8.06. The molecule has 4 aromatic rings. The zero-order chi connectivity index (χ0) is 31.1. The zero-order valence-electron chi connectivity index (χ0n) is 26.8. The van der Waals surface area contributed by atoms with Crippen LogP contribution in [0.3, 0.4) is 0 Å². The molecule has 8 nitrogen and oxygen atoms in total. The molecule has 0 unspecified atom stereocenters. The van der Waals surface area contributed by atoms with Gasteiger partial charge in [-0.3, -0.25) is 9.80 Å². The number of methoxy groups -OCH3 is 2. The molecule has 8 aliphatic heterocycles. The van der Waals surface area contributed by atoms with Crippen LogP contribution in [-0.4, -0.2) is 51.2 Å². The molecule has 46 heavy (non-hydrogen) atoms. The molecule has 2 atom stereocenters. The first-order valence-corrected chi connectivity index (χ1v) is 16.2. The van der Waals surface area contributed by atoms with E-state index in [0.717, 1.165) is 84.4 Å². The lowest BCUT2D eigenvalue weighted by Gasteiger charge is -2.37. The molecule has 0 aromatic heterocycles. The third-order valence-corrected chi connectivity index (χ3v) is 10.6. The second-order valence-electron chi connectivity index (χ2n) is 13.2. The summed E-state index contributed by atoms with van der Waals surface area (Å²) in [7, 11) is 7.81. The van der Waals surface area contributed by atoms with Crippen LogP contribution in [0, 0.1) is 0 Å². The standard InChI is InChI=1S/C38H38N2O6/c1-39-11-9-23-17-31(41-3)35-37-33(23)27(39)15-21-5-7-30-25(13-21)19-44-36-32(42-4)18-24-10-12-40(2)28(34(24)38(36)46-30)16-22-6-8-29(45-37)26(14-22)20-43-35/h5-8,13-14,17-18,27-28H,9-12,15-16,19-20H2,1-4H3/t27-,28-/m1/s1. The molecule has 12 rings (SSSR count). The van der Waals surface area contributed by atoms with Crippen LogP contribution >= 0.6 is 0 Å². The summed E-state index contributed by atoms with van der Waals surface area (Å²) in [5.41, 5.74) is 9.28. The van der Waals surface area contributed by atoms with Gasteiger partial charge in [-0.05, 0) is 98.4 Å². The van der Waals surface area contributed by atoms with E-state index < -0.39 is 0 Å². The molecule has 4 aromatic carbocycles. The molecule has 0 saturated heterocycles. The van der Waals surface area contributed by atoms with Gasteiger partial charge in [-0.2, -0.15) is 0 Å². The van der Waals surface area contributed by atoms with Crippen LogP contribution in [0.4, 0.5) is 0 Å². The summed E-state index contributed by atoms with van der Waals surface area (Å²) in [4.78, 5) is 4.85. The third kappa shape index (κ3) is 4.27. The predicted octanol–water partition coefficient (Wildman–Crippen LogP) is 6.93. The van der Waals surface area contributed by atoms with Crippen molar-refractivity contribution in [1.82, 2.24) is 9.80 Å². The molecule has 8 bridgehead atoms. The fraction of sp³-hybridized carbons (Fsp3) is 0.368. The Labute approximate surface area is 269 Å². The first-order valence-electron chi connectivity index (χ1n) is 16.2. The number of benzene rings is 4. The first kappa shape index (κ1) is 27.9. The van der Waals surface area contributed by atoms with Crippen LogP contribution in [0.5, 0.6) is 46.0 Å². The molecule has 0 radical (unpaired) electrons. The number of rotatable bonds is 2. The average Bonchev–Trinajstić information content (AvgIpc) is 3.38. The number of hydrogen-bond donors (Lipinski definition) is 0. The predicted molar refractivity (Wildman–Crippen MR) is 173 cm³/mol. The minimum Gasteiger partial charge on any atom is -0.493 e. The minimum absolute atomic E-state index is 0.0815. The maximum Gasteiger partial charge on any atom is 0.204 e. The molecule has 0 aliphatic carbocycles. The summed E-state index contributed by atoms with van der Waals surface area (Å²) < 4.78 is 38.7. The van der Waals surface area contributed by atoms with Crippen LogP contribution in [0.1, 0.15) is 56.6 Å². The van der Waals surface area contributed by atoms with Crippen molar-refractivity contribution in [2.24, 2.45) is 0 Å². The Bertz CT molecular complexity index is 1770. The normalized spacial score (nSPS) is 20.9. The van der Waals surface area contributed by atoms with E-state index in [1.54, 1.807) is 14.2 Å². The summed E-state index contributed by atoms with van der Waals surface area (Å²) in [6.45, 7) is 2.68. The highest BCUT2D eigenvalue weighted by molar-refractivity contribution is 5.65. The Morgan fingerprint density at radius 3 is 1.48 bits per heavy atom. The molecule has 0 fully saturated rings. The van der Waals surface area contributed by atoms with Crippen molar-refractivity contribution in [2.75, 3.05) is 41.4 Å². The van der Waals surface area contributed by atoms with Gasteiger partial charge in [-0.25, -0.2) is 0 Å². The van der Waals surface area contributed by atoms with Gasteiger partial charge in [-0.15, -0.1) is 0 Å². The monoisotopic (exact) mass is 618 g/mol. The number of likely N-dealkylation sites (N-methyl/N-ethyl adjacent to an activating group) is 2. The van der Waals surface area contributed by atoms with Gasteiger partial charge in [0.15, 0.2) is 23.0 Å². The van der Waals surface area contributed by atoms with Gasteiger partial charge >= 0.3 is 0 Å². The number of nitrogens with zero attached hydrogens (tertiary/aromatic N) is 2. The summed E-state index contributed by atoms with van der Waals surface area (Å²) >= 11 is 0. The number of hydrogen-bond acceptors (Lipinski definition) is 8. The van der Waals surface area contributed by atoms with E-state index in [9.17, 15) is 0 Å². The van der Waals surface area contributed by atoms with Gasteiger partial charge < -0.3 is 28.4 Å². The highest BCUT2D eigenvalue weighted by Gasteiger charge is 2.37. The van der Waals surface area contributed by atoms with E-state index in [1.807, 2.05) is 0 Å². The van der Waals surface area contributed by atoms with Crippen molar-refractivity contribution < 1.29 is 28.4 Å². The molecule has 0 spiro atoms. The fourth-order valence-corrected chi connectivity index (χ4v) is 8.06. The summed E-state index contributed by atoms with van der Waals surface area (Å²) in [6, 6.07) is 17.6. The molecular weight excluding hydrogens is 580 g/mol. The lowest BCUT2D eigenvalue weighted by atomic mass is 9.87. The van der Waals surface area contributed by atoms with Crippen molar-refractivity contribution in [1.29, 1.82) is 0 Å². The van der Waals surface area contributed by atoms with Crippen molar-refractivity contribution in [3.63, 3.8) is 0 Å². The second-order valence-corrected chi connectivity index (χ2v) is 13.2. The topological polar surface area (TPSA) is 61.9 Å². The average molecular weight is 619 g/mol. The van der Waals surface area contributed by atoms with Gasteiger partial charge in [0.05, 0.1) is 14.2 Å². The van der Waals surface area contributed by atoms with Crippen molar-refractivity contribution >= 4 is 0 Å². The Hall–Kier alpha value is -4.40. The van der Waals surface area contributed by atoms with Crippen LogP contribution in [0.2, 0.25) is 0 Å². The Morgan fingerprint density at radius 2 is 1.04 bits per heavy atom. The largest absolute Gasteiger partial charge is 0.493 e. The summed E-state index contributed by atoms with van der Waals surface area (Å²) in [5.74, 6) is 5.99. The Morgan fingerprint density at radius 1 is 0.587 bits per heavy atom. The highest BCUT2D eigenvalue weighted by atomic mass is 16.6. The van der Waals surface area contributed by atoms with Gasteiger partial charge in [-0.1, -0.05) is 12.1 Å². The second kappa shape index (κ2) is 10.6. The van der Waals surface area contributed by atoms with Crippen molar-refractivity contribution in [3.05, 3.63) is 93.0 Å². The SMILES string of the molecule is COc1cc2c3c4c1OCc1cc(ccc1O4)C[C@@H]1c4c(cc(OC)c5c4Oc4ccc(cc4CO5)C[C@H]3N(C)CC2)CCN1C. The van der Waals surface area contributed by atoms with Crippen LogP contribution in [0.15, 0.2) is 48.5 Å². The van der Waals surface area contributed by atoms with Gasteiger partial charge in [0, 0.05) is 47.4 Å². The van der Waals surface area contributed by atoms with E-state index in [0.29, 0.717) is 24.7 Å². The lowest BCUT2D eigenvalue weighted by Crippen LogP contribution is -2.34. The molecule has 0 saturated carbocycles. The molecular formula is C38H38N2O6. The Kier molecular flexibility index (Phi) is 6.41. The maximum atomic E-state index is 6.89. The van der Waals surface area contributed by atoms with E-state index >= 15 is 0 Å². The molecule has 8 aliphatic rings. The molecule has 8 heterocycles. The van der Waals surface area contributed by atoms with Gasteiger partial charge in [0.25, 0.3) is 0 Å². The van der Waals surface area contributed by atoms with Crippen LogP contribution < -0.4 is 28.4 Å². The van der Waals surface area contributed by atoms with Crippen molar-refractivity contribution in [3.8, 4) is 46.0 Å². The lowest BCUT2D eigenvalue weighted by molar-refractivity contribution is 0.220. The quantitative estimate of drug-likeness (QED) is 0.240. The van der Waals surface area contributed by atoms with Crippen molar-refractivity contribution in [2.45, 2.75) is 51.0 Å². The molecule has 8 heteroatoms. The Balaban J connectivity index is 1.28. The zero-order valence-corrected chi connectivity index (χ0v) is 26.8. The maximum absolute atomic E-state index is 6.89. The molecule has 0 N–H and O–H groups in total. The minimum atomic E-state index is 0.0815. The smallest absolute Gasteiger partial charge is 0.204 e. The number of ether oxygens (including phenoxy) is 6. The van der Waals surface area contributed by atoms with Gasteiger partial charge in [0.2, 0.25) is 11.5 Å².